The highest BCUT2D eigenvalue weighted by Crippen LogP contribution is 2.27. The second kappa shape index (κ2) is 6.84. The van der Waals surface area contributed by atoms with E-state index < -0.39 is 0 Å². The SMILES string of the molecule is COc1ccc(CN2CC[C@@H]3CC(=O)N[C@@H]3C2)cc1Cn1cncn1. The summed E-state index contributed by atoms with van der Waals surface area (Å²) >= 11 is 0. The van der Waals surface area contributed by atoms with E-state index in [4.69, 9.17) is 4.74 Å². The first-order valence-corrected chi connectivity index (χ1v) is 8.71. The lowest BCUT2D eigenvalue weighted by Gasteiger charge is -2.34. The first-order chi connectivity index (χ1) is 12.2. The van der Waals surface area contributed by atoms with Crippen molar-refractivity contribution in [3.05, 3.63) is 42.0 Å². The molecule has 2 atom stereocenters. The number of piperidine rings is 1. The second-order valence-electron chi connectivity index (χ2n) is 6.90. The summed E-state index contributed by atoms with van der Waals surface area (Å²) in [7, 11) is 1.69. The van der Waals surface area contributed by atoms with E-state index in [9.17, 15) is 4.79 Å². The number of rotatable bonds is 5. The predicted molar refractivity (Wildman–Crippen MR) is 92.0 cm³/mol. The van der Waals surface area contributed by atoms with Crippen LogP contribution < -0.4 is 10.1 Å². The van der Waals surface area contributed by atoms with Gasteiger partial charge in [-0.1, -0.05) is 6.07 Å². The number of methoxy groups -OCH3 is 1. The van der Waals surface area contributed by atoms with E-state index in [1.54, 1.807) is 18.1 Å². The number of nitrogens with one attached hydrogen (secondary N) is 1. The molecule has 1 amide bonds. The number of hydrogen-bond acceptors (Lipinski definition) is 5. The lowest BCUT2D eigenvalue weighted by atomic mass is 9.92. The highest BCUT2D eigenvalue weighted by Gasteiger charge is 2.36. The van der Waals surface area contributed by atoms with Crippen molar-refractivity contribution < 1.29 is 9.53 Å². The van der Waals surface area contributed by atoms with Gasteiger partial charge in [0.25, 0.3) is 0 Å². The maximum absolute atomic E-state index is 11.6. The van der Waals surface area contributed by atoms with Crippen LogP contribution in [0, 0.1) is 5.92 Å². The molecule has 2 aliphatic rings. The lowest BCUT2D eigenvalue weighted by Crippen LogP contribution is -2.46. The van der Waals surface area contributed by atoms with Crippen molar-refractivity contribution in [2.45, 2.75) is 32.0 Å². The average Bonchev–Trinajstić information content (AvgIpc) is 3.23. The summed E-state index contributed by atoms with van der Waals surface area (Å²) in [5.74, 6) is 1.58. The van der Waals surface area contributed by atoms with Crippen molar-refractivity contribution in [1.82, 2.24) is 25.0 Å². The molecule has 3 heterocycles. The number of ether oxygens (including phenoxy) is 1. The van der Waals surface area contributed by atoms with Gasteiger partial charge in [-0.05, 0) is 36.6 Å². The molecule has 25 heavy (non-hydrogen) atoms. The van der Waals surface area contributed by atoms with Gasteiger partial charge in [-0.3, -0.25) is 9.69 Å². The fourth-order valence-corrected chi connectivity index (χ4v) is 3.92. The number of carbonyl (C=O) groups is 1. The van der Waals surface area contributed by atoms with Crippen LogP contribution in [0.25, 0.3) is 0 Å². The third kappa shape index (κ3) is 3.51. The zero-order chi connectivity index (χ0) is 17.2. The summed E-state index contributed by atoms with van der Waals surface area (Å²) in [4.78, 5) is 18.0. The van der Waals surface area contributed by atoms with E-state index >= 15 is 0 Å². The van der Waals surface area contributed by atoms with Crippen molar-refractivity contribution in [3.63, 3.8) is 0 Å². The molecule has 4 rings (SSSR count). The van der Waals surface area contributed by atoms with Gasteiger partial charge in [0, 0.05) is 31.1 Å². The normalized spacial score (nSPS) is 23.3. The zero-order valence-corrected chi connectivity index (χ0v) is 14.4. The number of nitrogens with zero attached hydrogens (tertiary/aromatic N) is 4. The molecule has 0 radical (unpaired) electrons. The Morgan fingerprint density at radius 2 is 2.28 bits per heavy atom. The molecule has 0 saturated carbocycles. The molecule has 7 nitrogen and oxygen atoms in total. The maximum Gasteiger partial charge on any atom is 0.220 e. The van der Waals surface area contributed by atoms with Gasteiger partial charge < -0.3 is 10.1 Å². The third-order valence-electron chi connectivity index (χ3n) is 5.18. The maximum atomic E-state index is 11.6. The van der Waals surface area contributed by atoms with Crippen molar-refractivity contribution in [1.29, 1.82) is 0 Å². The van der Waals surface area contributed by atoms with Crippen molar-refractivity contribution in [2.75, 3.05) is 20.2 Å². The number of fused-ring (bicyclic) bond motifs is 1. The van der Waals surface area contributed by atoms with E-state index in [2.05, 4.69) is 32.4 Å². The van der Waals surface area contributed by atoms with Crippen LogP contribution in [0.15, 0.2) is 30.9 Å². The molecule has 2 aromatic rings. The van der Waals surface area contributed by atoms with Crippen molar-refractivity contribution in [3.8, 4) is 5.75 Å². The van der Waals surface area contributed by atoms with E-state index in [1.807, 2.05) is 6.07 Å². The number of aromatic nitrogens is 3. The molecule has 2 saturated heterocycles. The minimum atomic E-state index is 0.205. The Morgan fingerprint density at radius 3 is 3.08 bits per heavy atom. The Kier molecular flexibility index (Phi) is 4.40. The molecule has 0 aliphatic carbocycles. The molecule has 132 valence electrons. The van der Waals surface area contributed by atoms with Crippen molar-refractivity contribution >= 4 is 5.91 Å². The highest BCUT2D eigenvalue weighted by atomic mass is 16.5. The van der Waals surface area contributed by atoms with Gasteiger partial charge >= 0.3 is 0 Å². The van der Waals surface area contributed by atoms with E-state index in [1.165, 1.54) is 11.9 Å². The monoisotopic (exact) mass is 341 g/mol. The molecule has 0 bridgehead atoms. The summed E-state index contributed by atoms with van der Waals surface area (Å²) in [6.07, 6.45) is 5.03. The Bertz CT molecular complexity index is 746. The second-order valence-corrected chi connectivity index (χ2v) is 6.90. The lowest BCUT2D eigenvalue weighted by molar-refractivity contribution is -0.119. The standard InChI is InChI=1S/C18H23N5O2/c1-25-17-3-2-13(6-15(17)9-23-12-19-11-20-23)8-22-5-4-14-7-18(24)21-16(14)10-22/h2-3,6,11-12,14,16H,4-5,7-10H2,1H3,(H,21,24)/t14-,16-/m1/s1. The van der Waals surface area contributed by atoms with Gasteiger partial charge in [-0.25, -0.2) is 9.67 Å². The fraction of sp³-hybridized carbons (Fsp3) is 0.500. The first kappa shape index (κ1) is 16.1. The van der Waals surface area contributed by atoms with Crippen LogP contribution in [0.2, 0.25) is 0 Å². The van der Waals surface area contributed by atoms with Crippen LogP contribution >= 0.6 is 0 Å². The number of carbonyl (C=O) groups excluding carboxylic acids is 1. The van der Waals surface area contributed by atoms with E-state index in [0.29, 0.717) is 24.9 Å². The summed E-state index contributed by atoms with van der Waals surface area (Å²) in [6, 6.07) is 6.63. The molecule has 1 aromatic heterocycles. The van der Waals surface area contributed by atoms with Crippen molar-refractivity contribution in [2.24, 2.45) is 5.92 Å². The molecular weight excluding hydrogens is 318 g/mol. The largest absolute Gasteiger partial charge is 0.496 e. The van der Waals surface area contributed by atoms with Crippen LogP contribution in [0.1, 0.15) is 24.0 Å². The Balaban J connectivity index is 1.46. The van der Waals surface area contributed by atoms with Crippen LogP contribution in [0.3, 0.4) is 0 Å². The molecule has 0 spiro atoms. The zero-order valence-electron chi connectivity index (χ0n) is 14.4. The Hall–Kier alpha value is -2.41. The van der Waals surface area contributed by atoms with Crippen LogP contribution in [0.4, 0.5) is 0 Å². The number of benzene rings is 1. The van der Waals surface area contributed by atoms with Gasteiger partial charge in [0.15, 0.2) is 0 Å². The van der Waals surface area contributed by atoms with Gasteiger partial charge in [0.1, 0.15) is 18.4 Å². The van der Waals surface area contributed by atoms with Crippen LogP contribution in [0.5, 0.6) is 5.75 Å². The molecule has 1 aromatic carbocycles. The van der Waals surface area contributed by atoms with Crippen LogP contribution in [-0.4, -0.2) is 51.8 Å². The fourth-order valence-electron chi connectivity index (χ4n) is 3.92. The molecule has 7 heteroatoms. The predicted octanol–water partition coefficient (Wildman–Crippen LogP) is 1.05. The minimum Gasteiger partial charge on any atom is -0.496 e. The molecular formula is C18H23N5O2. The Labute approximate surface area is 147 Å². The molecule has 1 N–H and O–H groups in total. The van der Waals surface area contributed by atoms with E-state index in [0.717, 1.165) is 37.4 Å². The summed E-state index contributed by atoms with van der Waals surface area (Å²) in [5, 5.41) is 7.29. The topological polar surface area (TPSA) is 72.3 Å². The van der Waals surface area contributed by atoms with Gasteiger partial charge in [0.05, 0.1) is 13.7 Å². The Morgan fingerprint density at radius 1 is 1.36 bits per heavy atom. The third-order valence-corrected chi connectivity index (χ3v) is 5.18. The molecule has 0 unspecified atom stereocenters. The highest BCUT2D eigenvalue weighted by molar-refractivity contribution is 5.79. The minimum absolute atomic E-state index is 0.205. The summed E-state index contributed by atoms with van der Waals surface area (Å²) in [5.41, 5.74) is 2.34. The van der Waals surface area contributed by atoms with Gasteiger partial charge in [0.2, 0.25) is 5.91 Å². The molecule has 2 aliphatic heterocycles. The number of amides is 1. The van der Waals surface area contributed by atoms with Crippen LogP contribution in [-0.2, 0) is 17.9 Å². The first-order valence-electron chi connectivity index (χ1n) is 8.71. The van der Waals surface area contributed by atoms with Gasteiger partial charge in [-0.15, -0.1) is 0 Å². The summed E-state index contributed by atoms with van der Waals surface area (Å²) < 4.78 is 7.28. The average molecular weight is 341 g/mol. The smallest absolute Gasteiger partial charge is 0.220 e. The number of likely N-dealkylation sites (tertiary alicyclic amines) is 1. The quantitative estimate of drug-likeness (QED) is 0.880. The van der Waals surface area contributed by atoms with Gasteiger partial charge in [-0.2, -0.15) is 5.10 Å². The van der Waals surface area contributed by atoms with E-state index in [-0.39, 0.29) is 5.91 Å². The number of hydrogen-bond donors (Lipinski definition) is 1. The molecule has 2 fully saturated rings. The summed E-state index contributed by atoms with van der Waals surface area (Å²) in [6.45, 7) is 3.49.